The predicted octanol–water partition coefficient (Wildman–Crippen LogP) is 8.99. The highest BCUT2D eigenvalue weighted by molar-refractivity contribution is 7.21. The predicted molar refractivity (Wildman–Crippen MR) is 170 cm³/mol. The Morgan fingerprint density at radius 2 is 1.88 bits per heavy atom. The molecule has 4 aromatic heterocycles. The largest absolute Gasteiger partial charge is 0.497 e. The minimum Gasteiger partial charge on any atom is -0.497 e. The van der Waals surface area contributed by atoms with Crippen LogP contribution in [0.4, 0.5) is 0 Å². The number of aromatic nitrogens is 3. The molecule has 0 aliphatic heterocycles. The van der Waals surface area contributed by atoms with Crippen LogP contribution in [0, 0.1) is 13.8 Å². The molecule has 8 heteroatoms. The molecule has 7 nitrogen and oxygen atoms in total. The molecule has 6 aromatic rings. The molecule has 0 radical (unpaired) electrons. The van der Waals surface area contributed by atoms with Gasteiger partial charge in [-0.15, -0.1) is 11.3 Å². The molecule has 0 unspecified atom stereocenters. The van der Waals surface area contributed by atoms with Crippen molar-refractivity contribution in [3.63, 3.8) is 0 Å². The SMILES string of the molecule is COc1cccc(Cn2c(-c3ccc4nc(-c5oc(C)nc5C)ccc4c3)c(C3CCCCC3)c3sc(C(=O)O)cc32)c1. The summed E-state index contributed by atoms with van der Waals surface area (Å²) in [5.74, 6) is 1.63. The number of aryl methyl sites for hydroxylation is 2. The van der Waals surface area contributed by atoms with E-state index in [1.54, 1.807) is 7.11 Å². The van der Waals surface area contributed by atoms with E-state index in [2.05, 4.69) is 45.9 Å². The maximum atomic E-state index is 12.1. The fourth-order valence-corrected chi connectivity index (χ4v) is 7.75. The second-order valence-electron chi connectivity index (χ2n) is 11.4. The summed E-state index contributed by atoms with van der Waals surface area (Å²) in [7, 11) is 1.68. The van der Waals surface area contributed by atoms with Gasteiger partial charge in [0.2, 0.25) is 0 Å². The van der Waals surface area contributed by atoms with Crippen LogP contribution in [-0.2, 0) is 6.54 Å². The number of pyridine rings is 1. The standard InChI is InChI=1S/C35H33N3O4S/c1-20-33(42-21(2)36-20)28-15-12-24-17-25(13-14-27(24)37-28)32-31(23-9-5-4-6-10-23)34-29(18-30(43-34)35(39)40)38(32)19-22-8-7-11-26(16-22)41-3/h7-8,11-18,23H,4-6,9-10,19H2,1-3H3,(H,39,40). The Morgan fingerprint density at radius 1 is 1.05 bits per heavy atom. The number of hydrogen-bond donors (Lipinski definition) is 1. The third kappa shape index (κ3) is 4.99. The highest BCUT2D eigenvalue weighted by Crippen LogP contribution is 2.47. The van der Waals surface area contributed by atoms with Gasteiger partial charge in [-0.05, 0) is 78.8 Å². The van der Waals surface area contributed by atoms with Crippen LogP contribution in [0.1, 0.15) is 70.4 Å². The summed E-state index contributed by atoms with van der Waals surface area (Å²) in [4.78, 5) is 21.8. The van der Waals surface area contributed by atoms with E-state index in [9.17, 15) is 9.90 Å². The molecule has 1 aliphatic rings. The number of hydrogen-bond acceptors (Lipinski definition) is 6. The van der Waals surface area contributed by atoms with Gasteiger partial charge in [0.1, 0.15) is 16.3 Å². The van der Waals surface area contributed by atoms with E-state index in [4.69, 9.17) is 14.1 Å². The van der Waals surface area contributed by atoms with Crippen molar-refractivity contribution >= 4 is 38.4 Å². The molecule has 0 saturated heterocycles. The molecule has 1 aliphatic carbocycles. The molecular weight excluding hydrogens is 558 g/mol. The fraction of sp³-hybridized carbons (Fsp3) is 0.286. The maximum Gasteiger partial charge on any atom is 0.345 e. The molecule has 2 aromatic carbocycles. The van der Waals surface area contributed by atoms with Gasteiger partial charge in [-0.25, -0.2) is 14.8 Å². The number of thiophene rings is 1. The lowest BCUT2D eigenvalue weighted by molar-refractivity contribution is 0.0702. The van der Waals surface area contributed by atoms with Crippen LogP contribution in [0.2, 0.25) is 0 Å². The first kappa shape index (κ1) is 27.4. The van der Waals surface area contributed by atoms with Crippen molar-refractivity contribution in [2.75, 3.05) is 7.11 Å². The van der Waals surface area contributed by atoms with Gasteiger partial charge < -0.3 is 18.8 Å². The minimum absolute atomic E-state index is 0.376. The molecule has 0 atom stereocenters. The van der Waals surface area contributed by atoms with Gasteiger partial charge in [-0.1, -0.05) is 43.5 Å². The first-order valence-electron chi connectivity index (χ1n) is 14.8. The summed E-state index contributed by atoms with van der Waals surface area (Å²) in [6, 6.07) is 20.5. The number of benzene rings is 2. The van der Waals surface area contributed by atoms with Crippen LogP contribution in [0.25, 0.3) is 43.8 Å². The van der Waals surface area contributed by atoms with Crippen molar-refractivity contribution in [2.45, 2.75) is 58.4 Å². The highest BCUT2D eigenvalue weighted by Gasteiger charge is 2.29. The number of nitrogens with zero attached hydrogens (tertiary/aromatic N) is 3. The third-order valence-corrected chi connectivity index (χ3v) is 9.72. The number of aromatic carboxylic acids is 1. The lowest BCUT2D eigenvalue weighted by Gasteiger charge is -2.24. The van der Waals surface area contributed by atoms with E-state index in [-0.39, 0.29) is 0 Å². The molecule has 7 rings (SSSR count). The van der Waals surface area contributed by atoms with Crippen molar-refractivity contribution in [1.29, 1.82) is 0 Å². The van der Waals surface area contributed by atoms with Crippen molar-refractivity contribution in [1.82, 2.24) is 14.5 Å². The van der Waals surface area contributed by atoms with Crippen LogP contribution in [0.15, 0.2) is 65.1 Å². The number of methoxy groups -OCH3 is 1. The van der Waals surface area contributed by atoms with Gasteiger partial charge in [0.15, 0.2) is 11.7 Å². The molecular formula is C35H33N3O4S. The topological polar surface area (TPSA) is 90.4 Å². The van der Waals surface area contributed by atoms with Crippen LogP contribution < -0.4 is 4.74 Å². The number of carboxylic acid groups (broad SMARTS) is 1. The van der Waals surface area contributed by atoms with Crippen LogP contribution in [0.3, 0.4) is 0 Å². The number of carbonyl (C=O) groups is 1. The summed E-state index contributed by atoms with van der Waals surface area (Å²) in [5.41, 5.74) is 8.12. The molecule has 1 fully saturated rings. The van der Waals surface area contributed by atoms with Gasteiger partial charge in [0.05, 0.1) is 34.2 Å². The van der Waals surface area contributed by atoms with E-state index in [0.717, 1.165) is 62.2 Å². The molecule has 1 saturated carbocycles. The minimum atomic E-state index is -0.880. The fourth-order valence-electron chi connectivity index (χ4n) is 6.62. The van der Waals surface area contributed by atoms with Gasteiger partial charge >= 0.3 is 5.97 Å². The van der Waals surface area contributed by atoms with E-state index in [1.807, 2.05) is 38.1 Å². The van der Waals surface area contributed by atoms with Crippen molar-refractivity contribution in [2.24, 2.45) is 0 Å². The Balaban J connectivity index is 1.43. The lowest BCUT2D eigenvalue weighted by Crippen LogP contribution is -2.08. The summed E-state index contributed by atoms with van der Waals surface area (Å²) >= 11 is 1.41. The summed E-state index contributed by atoms with van der Waals surface area (Å²) in [6.07, 6.45) is 5.85. The van der Waals surface area contributed by atoms with E-state index in [1.165, 1.54) is 41.9 Å². The van der Waals surface area contributed by atoms with E-state index < -0.39 is 5.97 Å². The summed E-state index contributed by atoms with van der Waals surface area (Å²) in [6.45, 7) is 4.38. The van der Waals surface area contributed by atoms with Crippen molar-refractivity contribution < 1.29 is 19.1 Å². The summed E-state index contributed by atoms with van der Waals surface area (Å²) < 4.78 is 14.8. The van der Waals surface area contributed by atoms with Gasteiger partial charge in [-0.2, -0.15) is 0 Å². The average Bonchev–Trinajstić information content (AvgIpc) is 3.69. The number of carboxylic acids is 1. The van der Waals surface area contributed by atoms with Gasteiger partial charge in [0, 0.05) is 18.9 Å². The molecule has 0 spiro atoms. The maximum absolute atomic E-state index is 12.1. The number of ether oxygens (including phenoxy) is 1. The molecule has 218 valence electrons. The molecule has 43 heavy (non-hydrogen) atoms. The van der Waals surface area contributed by atoms with Crippen molar-refractivity contribution in [3.8, 4) is 28.5 Å². The Bertz CT molecular complexity index is 1990. The number of rotatable bonds is 7. The monoisotopic (exact) mass is 591 g/mol. The first-order chi connectivity index (χ1) is 20.9. The average molecular weight is 592 g/mol. The number of oxazole rings is 1. The zero-order chi connectivity index (χ0) is 29.7. The highest BCUT2D eigenvalue weighted by atomic mass is 32.1. The molecule has 0 amide bonds. The Morgan fingerprint density at radius 3 is 2.63 bits per heavy atom. The lowest BCUT2D eigenvalue weighted by atomic mass is 9.83. The van der Waals surface area contributed by atoms with Crippen LogP contribution in [0.5, 0.6) is 5.75 Å². The van der Waals surface area contributed by atoms with Gasteiger partial charge in [0.25, 0.3) is 0 Å². The van der Waals surface area contributed by atoms with Crippen LogP contribution in [-0.4, -0.2) is 32.7 Å². The van der Waals surface area contributed by atoms with Crippen LogP contribution >= 0.6 is 11.3 Å². The molecule has 4 heterocycles. The third-order valence-electron chi connectivity index (χ3n) is 8.57. The zero-order valence-electron chi connectivity index (χ0n) is 24.5. The Hall–Kier alpha value is -4.43. The molecule has 0 bridgehead atoms. The number of fused-ring (bicyclic) bond motifs is 2. The zero-order valence-corrected chi connectivity index (χ0v) is 25.3. The van der Waals surface area contributed by atoms with Crippen molar-refractivity contribution in [3.05, 3.63) is 88.3 Å². The Kier molecular flexibility index (Phi) is 7.01. The van der Waals surface area contributed by atoms with E-state index >= 15 is 0 Å². The second kappa shape index (κ2) is 11.0. The summed E-state index contributed by atoms with van der Waals surface area (Å²) in [5, 5.41) is 11.0. The molecule has 1 N–H and O–H groups in total. The second-order valence-corrected chi connectivity index (χ2v) is 12.5. The Labute approximate surface area is 253 Å². The normalized spacial score (nSPS) is 14.1. The van der Waals surface area contributed by atoms with Gasteiger partial charge in [-0.3, -0.25) is 0 Å². The van der Waals surface area contributed by atoms with E-state index in [0.29, 0.717) is 29.0 Å². The smallest absolute Gasteiger partial charge is 0.345 e. The quantitative estimate of drug-likeness (QED) is 0.199. The first-order valence-corrected chi connectivity index (χ1v) is 15.6.